The standard InChI is InChI=1S/C14H25NO2/c1-14(9-5-11-16,10-8-13(15)17)12-6-3-2-4-7-12/h11-12H,2-10H2,1H3,(H2,15,17). The van der Waals surface area contributed by atoms with Gasteiger partial charge in [0.05, 0.1) is 0 Å². The number of rotatable bonds is 7. The van der Waals surface area contributed by atoms with E-state index in [1.807, 2.05) is 0 Å². The summed E-state index contributed by atoms with van der Waals surface area (Å²) in [6.07, 6.45) is 10.2. The van der Waals surface area contributed by atoms with Crippen molar-refractivity contribution in [3.8, 4) is 0 Å². The zero-order valence-corrected chi connectivity index (χ0v) is 10.9. The minimum atomic E-state index is -0.224. The first-order valence-electron chi connectivity index (χ1n) is 6.80. The van der Waals surface area contributed by atoms with Crippen molar-refractivity contribution in [2.45, 2.75) is 64.7 Å². The van der Waals surface area contributed by atoms with Crippen molar-refractivity contribution in [3.63, 3.8) is 0 Å². The summed E-state index contributed by atoms with van der Waals surface area (Å²) in [5.41, 5.74) is 5.37. The van der Waals surface area contributed by atoms with E-state index in [4.69, 9.17) is 5.73 Å². The van der Waals surface area contributed by atoms with Crippen molar-refractivity contribution in [1.82, 2.24) is 0 Å². The van der Waals surface area contributed by atoms with Gasteiger partial charge in [0.15, 0.2) is 0 Å². The van der Waals surface area contributed by atoms with Gasteiger partial charge in [0.2, 0.25) is 5.91 Å². The summed E-state index contributed by atoms with van der Waals surface area (Å²) in [6.45, 7) is 2.23. The summed E-state index contributed by atoms with van der Waals surface area (Å²) in [6, 6.07) is 0. The van der Waals surface area contributed by atoms with Crippen LogP contribution in [0.2, 0.25) is 0 Å². The Morgan fingerprint density at radius 2 is 1.94 bits per heavy atom. The molecule has 3 nitrogen and oxygen atoms in total. The Bertz CT molecular complexity index is 259. The molecule has 0 aromatic heterocycles. The number of carbonyl (C=O) groups is 2. The Morgan fingerprint density at radius 3 is 2.47 bits per heavy atom. The van der Waals surface area contributed by atoms with E-state index in [9.17, 15) is 9.59 Å². The molecule has 0 saturated heterocycles. The number of hydrogen-bond donors (Lipinski definition) is 1. The highest BCUT2D eigenvalue weighted by molar-refractivity contribution is 5.73. The Labute approximate surface area is 104 Å². The average molecular weight is 239 g/mol. The molecule has 1 aliphatic rings. The van der Waals surface area contributed by atoms with Crippen molar-refractivity contribution in [3.05, 3.63) is 0 Å². The third kappa shape index (κ3) is 4.49. The smallest absolute Gasteiger partial charge is 0.217 e. The van der Waals surface area contributed by atoms with Crippen molar-refractivity contribution in [2.24, 2.45) is 17.1 Å². The molecule has 1 atom stereocenters. The second kappa shape index (κ2) is 6.77. The second-order valence-electron chi connectivity index (χ2n) is 5.66. The van der Waals surface area contributed by atoms with E-state index in [1.165, 1.54) is 32.1 Å². The molecule has 1 saturated carbocycles. The van der Waals surface area contributed by atoms with Crippen LogP contribution in [0.5, 0.6) is 0 Å². The lowest BCUT2D eigenvalue weighted by Gasteiger charge is -2.40. The molecule has 1 fully saturated rings. The Hall–Kier alpha value is -0.860. The van der Waals surface area contributed by atoms with Gasteiger partial charge in [-0.05, 0) is 37.0 Å². The zero-order chi connectivity index (χ0) is 12.7. The van der Waals surface area contributed by atoms with E-state index in [1.54, 1.807) is 0 Å². The normalized spacial score (nSPS) is 20.8. The summed E-state index contributed by atoms with van der Waals surface area (Å²) in [7, 11) is 0. The summed E-state index contributed by atoms with van der Waals surface area (Å²) >= 11 is 0. The summed E-state index contributed by atoms with van der Waals surface area (Å²) in [4.78, 5) is 21.5. The first-order chi connectivity index (χ1) is 8.08. The fourth-order valence-electron chi connectivity index (χ4n) is 3.13. The molecule has 0 aliphatic heterocycles. The average Bonchev–Trinajstić information content (AvgIpc) is 2.35. The second-order valence-corrected chi connectivity index (χ2v) is 5.66. The van der Waals surface area contributed by atoms with Crippen molar-refractivity contribution < 1.29 is 9.59 Å². The van der Waals surface area contributed by atoms with Gasteiger partial charge in [-0.1, -0.05) is 26.2 Å². The fraction of sp³-hybridized carbons (Fsp3) is 0.857. The van der Waals surface area contributed by atoms with Crippen LogP contribution in [0.4, 0.5) is 0 Å². The highest BCUT2D eigenvalue weighted by Gasteiger charge is 2.34. The lowest BCUT2D eigenvalue weighted by Crippen LogP contribution is -2.31. The van der Waals surface area contributed by atoms with Gasteiger partial charge in [0.25, 0.3) is 0 Å². The molecule has 1 aliphatic carbocycles. The number of nitrogens with two attached hydrogens (primary N) is 1. The maximum absolute atomic E-state index is 11.0. The van der Waals surface area contributed by atoms with Crippen LogP contribution in [-0.2, 0) is 9.59 Å². The largest absolute Gasteiger partial charge is 0.370 e. The van der Waals surface area contributed by atoms with Gasteiger partial charge in [-0.25, -0.2) is 0 Å². The zero-order valence-electron chi connectivity index (χ0n) is 10.9. The van der Waals surface area contributed by atoms with E-state index in [2.05, 4.69) is 6.92 Å². The monoisotopic (exact) mass is 239 g/mol. The Balaban J connectivity index is 2.60. The van der Waals surface area contributed by atoms with Gasteiger partial charge in [-0.2, -0.15) is 0 Å². The molecule has 3 heteroatoms. The maximum atomic E-state index is 11.0. The van der Waals surface area contributed by atoms with Gasteiger partial charge >= 0.3 is 0 Å². The third-order valence-corrected chi connectivity index (χ3v) is 4.37. The molecule has 98 valence electrons. The van der Waals surface area contributed by atoms with Crippen LogP contribution in [0.25, 0.3) is 0 Å². The number of hydrogen-bond acceptors (Lipinski definition) is 2. The van der Waals surface area contributed by atoms with Crippen LogP contribution in [0, 0.1) is 11.3 Å². The molecule has 0 spiro atoms. The van der Waals surface area contributed by atoms with Crippen molar-refractivity contribution >= 4 is 12.2 Å². The predicted molar refractivity (Wildman–Crippen MR) is 68.4 cm³/mol. The molecule has 0 aromatic carbocycles. The van der Waals surface area contributed by atoms with Gasteiger partial charge in [0.1, 0.15) is 6.29 Å². The molecular formula is C14H25NO2. The number of primary amides is 1. The van der Waals surface area contributed by atoms with Crippen LogP contribution in [0.3, 0.4) is 0 Å². The number of carbonyl (C=O) groups excluding carboxylic acids is 2. The van der Waals surface area contributed by atoms with Crippen molar-refractivity contribution in [2.75, 3.05) is 0 Å². The van der Waals surface area contributed by atoms with Gasteiger partial charge < -0.3 is 10.5 Å². The molecular weight excluding hydrogens is 214 g/mol. The third-order valence-electron chi connectivity index (χ3n) is 4.37. The van der Waals surface area contributed by atoms with E-state index in [-0.39, 0.29) is 11.3 Å². The quantitative estimate of drug-likeness (QED) is 0.694. The van der Waals surface area contributed by atoms with Crippen LogP contribution in [0.1, 0.15) is 64.7 Å². The Morgan fingerprint density at radius 1 is 1.29 bits per heavy atom. The number of amides is 1. The van der Waals surface area contributed by atoms with Crippen molar-refractivity contribution in [1.29, 1.82) is 0 Å². The molecule has 0 bridgehead atoms. The molecule has 2 N–H and O–H groups in total. The predicted octanol–water partition coefficient (Wildman–Crippen LogP) is 2.82. The van der Waals surface area contributed by atoms with Gasteiger partial charge in [-0.15, -0.1) is 0 Å². The van der Waals surface area contributed by atoms with Crippen LogP contribution < -0.4 is 5.73 Å². The van der Waals surface area contributed by atoms with E-state index < -0.39 is 0 Å². The molecule has 1 amide bonds. The summed E-state index contributed by atoms with van der Waals surface area (Å²) in [5, 5.41) is 0. The maximum Gasteiger partial charge on any atom is 0.217 e. The summed E-state index contributed by atoms with van der Waals surface area (Å²) < 4.78 is 0. The molecule has 1 rings (SSSR count). The molecule has 0 heterocycles. The molecule has 0 aromatic rings. The Kier molecular flexibility index (Phi) is 5.66. The van der Waals surface area contributed by atoms with E-state index in [0.717, 1.165) is 19.1 Å². The lowest BCUT2D eigenvalue weighted by atomic mass is 9.65. The van der Waals surface area contributed by atoms with Gasteiger partial charge in [-0.3, -0.25) is 4.79 Å². The van der Waals surface area contributed by atoms with Gasteiger partial charge in [0, 0.05) is 12.8 Å². The fourth-order valence-corrected chi connectivity index (χ4v) is 3.13. The van der Waals surface area contributed by atoms with E-state index >= 15 is 0 Å². The summed E-state index contributed by atoms with van der Waals surface area (Å²) in [5.74, 6) is 0.439. The minimum absolute atomic E-state index is 0.121. The topological polar surface area (TPSA) is 60.2 Å². The number of aldehydes is 1. The molecule has 17 heavy (non-hydrogen) atoms. The molecule has 0 radical (unpaired) electrons. The first kappa shape index (κ1) is 14.2. The van der Waals surface area contributed by atoms with E-state index in [0.29, 0.717) is 18.8 Å². The van der Waals surface area contributed by atoms with Crippen LogP contribution in [0.15, 0.2) is 0 Å². The highest BCUT2D eigenvalue weighted by atomic mass is 16.1. The lowest BCUT2D eigenvalue weighted by molar-refractivity contribution is -0.118. The molecule has 1 unspecified atom stereocenters. The highest BCUT2D eigenvalue weighted by Crippen LogP contribution is 2.44. The van der Waals surface area contributed by atoms with Crippen LogP contribution >= 0.6 is 0 Å². The van der Waals surface area contributed by atoms with Crippen LogP contribution in [-0.4, -0.2) is 12.2 Å². The minimum Gasteiger partial charge on any atom is -0.370 e. The first-order valence-corrected chi connectivity index (χ1v) is 6.80. The SMILES string of the molecule is CC(CCC=O)(CCC(N)=O)C1CCCCC1.